The van der Waals surface area contributed by atoms with Gasteiger partial charge in [0.25, 0.3) is 0 Å². The number of hydrogen-bond acceptors (Lipinski definition) is 6. The number of carbonyl (C=O) groups excluding carboxylic acids is 2. The van der Waals surface area contributed by atoms with E-state index in [2.05, 4.69) is 32.5 Å². The molecule has 8 heteroatoms. The molecular weight excluding hydrogens is 346 g/mol. The Morgan fingerprint density at radius 3 is 2.56 bits per heavy atom. The summed E-state index contributed by atoms with van der Waals surface area (Å²) in [7, 11) is 0. The van der Waals surface area contributed by atoms with E-state index in [1.165, 1.54) is 5.56 Å². The van der Waals surface area contributed by atoms with Crippen molar-refractivity contribution in [2.75, 3.05) is 32.7 Å². The Kier molecular flexibility index (Phi) is 6.54. The van der Waals surface area contributed by atoms with Gasteiger partial charge in [0, 0.05) is 52.6 Å². The number of benzene rings is 1. The standard InChI is InChI=1S/C19H25N5O3/c1-15-21-17(22-27-15)13-18(25)20-8-7-19(26)24-11-9-23(10-12-24)14-16-5-3-2-4-6-16/h2-6H,7-14H2,1H3,(H,20,25). The molecule has 8 nitrogen and oxygen atoms in total. The van der Waals surface area contributed by atoms with Crippen LogP contribution in [0.25, 0.3) is 0 Å². The van der Waals surface area contributed by atoms with Crippen LogP contribution in [0.15, 0.2) is 34.9 Å². The second-order valence-corrected chi connectivity index (χ2v) is 6.65. The summed E-state index contributed by atoms with van der Waals surface area (Å²) in [6.07, 6.45) is 0.361. The first-order chi connectivity index (χ1) is 13.1. The van der Waals surface area contributed by atoms with E-state index in [-0.39, 0.29) is 18.2 Å². The van der Waals surface area contributed by atoms with Crippen molar-refractivity contribution in [2.24, 2.45) is 0 Å². The molecule has 2 heterocycles. The van der Waals surface area contributed by atoms with Crippen LogP contribution in [0.3, 0.4) is 0 Å². The van der Waals surface area contributed by atoms with E-state index in [0.29, 0.717) is 24.7 Å². The summed E-state index contributed by atoms with van der Waals surface area (Å²) in [6, 6.07) is 10.3. The molecule has 0 spiro atoms. The van der Waals surface area contributed by atoms with Crippen LogP contribution in [0.1, 0.15) is 23.7 Å². The lowest BCUT2D eigenvalue weighted by atomic mass is 10.2. The number of nitrogens with one attached hydrogen (secondary N) is 1. The van der Waals surface area contributed by atoms with E-state index in [4.69, 9.17) is 4.52 Å². The molecule has 144 valence electrons. The fraction of sp³-hybridized carbons (Fsp3) is 0.474. The lowest BCUT2D eigenvalue weighted by molar-refractivity contribution is -0.133. The zero-order valence-corrected chi connectivity index (χ0v) is 15.6. The number of amides is 2. The average Bonchev–Trinajstić information content (AvgIpc) is 3.07. The Bertz CT molecular complexity index is 754. The zero-order valence-electron chi connectivity index (χ0n) is 15.6. The van der Waals surface area contributed by atoms with E-state index in [1.807, 2.05) is 23.1 Å². The Hall–Kier alpha value is -2.74. The summed E-state index contributed by atoms with van der Waals surface area (Å²) < 4.78 is 4.83. The number of rotatable bonds is 7. The van der Waals surface area contributed by atoms with E-state index in [0.717, 1.165) is 32.7 Å². The first kappa shape index (κ1) is 19.0. The second kappa shape index (κ2) is 9.27. The summed E-state index contributed by atoms with van der Waals surface area (Å²) in [4.78, 5) is 32.4. The van der Waals surface area contributed by atoms with Crippen LogP contribution in [0, 0.1) is 6.92 Å². The molecular formula is C19H25N5O3. The Morgan fingerprint density at radius 2 is 1.89 bits per heavy atom. The maximum absolute atomic E-state index is 12.3. The van der Waals surface area contributed by atoms with E-state index in [1.54, 1.807) is 6.92 Å². The fourth-order valence-corrected chi connectivity index (χ4v) is 3.08. The van der Waals surface area contributed by atoms with Crippen molar-refractivity contribution in [3.8, 4) is 0 Å². The third kappa shape index (κ3) is 5.89. The van der Waals surface area contributed by atoms with Crippen molar-refractivity contribution in [1.29, 1.82) is 0 Å². The van der Waals surface area contributed by atoms with Crippen LogP contribution in [0.5, 0.6) is 0 Å². The van der Waals surface area contributed by atoms with Gasteiger partial charge in [0.2, 0.25) is 17.7 Å². The van der Waals surface area contributed by atoms with Crippen LogP contribution in [-0.2, 0) is 22.6 Å². The van der Waals surface area contributed by atoms with Gasteiger partial charge in [-0.3, -0.25) is 14.5 Å². The quantitative estimate of drug-likeness (QED) is 0.773. The maximum Gasteiger partial charge on any atom is 0.227 e. The van der Waals surface area contributed by atoms with Crippen LogP contribution < -0.4 is 5.32 Å². The Morgan fingerprint density at radius 1 is 1.15 bits per heavy atom. The molecule has 0 atom stereocenters. The predicted octanol–water partition coefficient (Wildman–Crippen LogP) is 0.771. The zero-order chi connectivity index (χ0) is 19.1. The smallest absolute Gasteiger partial charge is 0.227 e. The number of aromatic nitrogens is 2. The highest BCUT2D eigenvalue weighted by Crippen LogP contribution is 2.09. The molecule has 0 bridgehead atoms. The largest absolute Gasteiger partial charge is 0.355 e. The highest BCUT2D eigenvalue weighted by atomic mass is 16.5. The van der Waals surface area contributed by atoms with Crippen LogP contribution >= 0.6 is 0 Å². The Balaban J connectivity index is 1.33. The van der Waals surface area contributed by atoms with Gasteiger partial charge in [-0.25, -0.2) is 0 Å². The molecule has 1 aromatic carbocycles. The predicted molar refractivity (Wildman–Crippen MR) is 98.7 cm³/mol. The number of hydrogen-bond donors (Lipinski definition) is 1. The minimum absolute atomic E-state index is 0.0592. The van der Waals surface area contributed by atoms with Crippen molar-refractivity contribution < 1.29 is 14.1 Å². The van der Waals surface area contributed by atoms with Gasteiger partial charge in [-0.05, 0) is 5.56 Å². The molecule has 2 amide bonds. The first-order valence-corrected chi connectivity index (χ1v) is 9.20. The number of nitrogens with zero attached hydrogens (tertiary/aromatic N) is 4. The second-order valence-electron chi connectivity index (χ2n) is 6.65. The minimum Gasteiger partial charge on any atom is -0.355 e. The summed E-state index contributed by atoms with van der Waals surface area (Å²) in [5.41, 5.74) is 1.29. The van der Waals surface area contributed by atoms with Crippen molar-refractivity contribution in [3.05, 3.63) is 47.6 Å². The van der Waals surface area contributed by atoms with Crippen molar-refractivity contribution in [2.45, 2.75) is 26.3 Å². The van der Waals surface area contributed by atoms with Crippen molar-refractivity contribution in [3.63, 3.8) is 0 Å². The van der Waals surface area contributed by atoms with Gasteiger partial charge in [-0.15, -0.1) is 0 Å². The highest BCUT2D eigenvalue weighted by molar-refractivity contribution is 5.80. The normalized spacial score (nSPS) is 14.9. The molecule has 0 saturated carbocycles. The van der Waals surface area contributed by atoms with Gasteiger partial charge < -0.3 is 14.7 Å². The third-order valence-corrected chi connectivity index (χ3v) is 4.52. The van der Waals surface area contributed by atoms with Gasteiger partial charge >= 0.3 is 0 Å². The van der Waals surface area contributed by atoms with Crippen LogP contribution in [0.2, 0.25) is 0 Å². The van der Waals surface area contributed by atoms with Gasteiger partial charge in [0.1, 0.15) is 0 Å². The molecule has 0 unspecified atom stereocenters. The van der Waals surface area contributed by atoms with Gasteiger partial charge in [0.05, 0.1) is 6.42 Å². The van der Waals surface area contributed by atoms with E-state index < -0.39 is 0 Å². The van der Waals surface area contributed by atoms with Gasteiger partial charge in [0.15, 0.2) is 5.82 Å². The molecule has 1 aliphatic heterocycles. The topological polar surface area (TPSA) is 91.6 Å². The van der Waals surface area contributed by atoms with Crippen molar-refractivity contribution >= 4 is 11.8 Å². The Labute approximate surface area is 158 Å². The third-order valence-electron chi connectivity index (χ3n) is 4.52. The molecule has 1 N–H and O–H groups in total. The molecule has 3 rings (SSSR count). The molecule has 0 radical (unpaired) electrons. The summed E-state index contributed by atoms with van der Waals surface area (Å²) in [5, 5.41) is 6.42. The highest BCUT2D eigenvalue weighted by Gasteiger charge is 2.21. The summed E-state index contributed by atoms with van der Waals surface area (Å²) in [5.74, 6) is 0.645. The molecule has 1 aromatic heterocycles. The maximum atomic E-state index is 12.3. The summed E-state index contributed by atoms with van der Waals surface area (Å²) in [6.45, 7) is 6.08. The van der Waals surface area contributed by atoms with Gasteiger partial charge in [-0.2, -0.15) is 4.98 Å². The fourth-order valence-electron chi connectivity index (χ4n) is 3.08. The lowest BCUT2D eigenvalue weighted by Crippen LogP contribution is -2.48. The minimum atomic E-state index is -0.212. The first-order valence-electron chi connectivity index (χ1n) is 9.20. The number of aryl methyl sites for hydroxylation is 1. The lowest BCUT2D eigenvalue weighted by Gasteiger charge is -2.34. The van der Waals surface area contributed by atoms with Crippen LogP contribution in [0.4, 0.5) is 0 Å². The molecule has 27 heavy (non-hydrogen) atoms. The molecule has 1 saturated heterocycles. The van der Waals surface area contributed by atoms with Gasteiger partial charge in [-0.1, -0.05) is 35.5 Å². The SMILES string of the molecule is Cc1nc(CC(=O)NCCC(=O)N2CCN(Cc3ccccc3)CC2)no1. The molecule has 1 fully saturated rings. The van der Waals surface area contributed by atoms with E-state index in [9.17, 15) is 9.59 Å². The molecule has 0 aliphatic carbocycles. The van der Waals surface area contributed by atoms with E-state index >= 15 is 0 Å². The molecule has 2 aromatic rings. The molecule has 1 aliphatic rings. The number of piperazine rings is 1. The summed E-state index contributed by atoms with van der Waals surface area (Å²) >= 11 is 0. The number of carbonyl (C=O) groups is 2. The van der Waals surface area contributed by atoms with Crippen LogP contribution in [-0.4, -0.2) is 64.5 Å². The monoisotopic (exact) mass is 371 g/mol. The van der Waals surface area contributed by atoms with Crippen molar-refractivity contribution in [1.82, 2.24) is 25.3 Å². The average molecular weight is 371 g/mol.